The van der Waals surface area contributed by atoms with Gasteiger partial charge in [0.1, 0.15) is 0 Å². The SMILES string of the molecule is CC(C)c1ccc(/C=C/C(=O)NCCC(c2ccccc2)c2ccccc2)cc1. The second-order valence-corrected chi connectivity index (χ2v) is 7.61. The molecule has 3 rings (SSSR count). The number of carbonyl (C=O) groups excluding carboxylic acids is 1. The number of carbonyl (C=O) groups is 1. The van der Waals surface area contributed by atoms with E-state index in [9.17, 15) is 4.79 Å². The highest BCUT2D eigenvalue weighted by molar-refractivity contribution is 5.91. The first-order valence-electron chi connectivity index (χ1n) is 10.3. The zero-order valence-electron chi connectivity index (χ0n) is 17.2. The van der Waals surface area contributed by atoms with Gasteiger partial charge in [-0.05, 0) is 40.7 Å². The third-order valence-corrected chi connectivity index (χ3v) is 5.17. The van der Waals surface area contributed by atoms with Crippen molar-refractivity contribution in [3.05, 3.63) is 113 Å². The van der Waals surface area contributed by atoms with Gasteiger partial charge < -0.3 is 5.32 Å². The summed E-state index contributed by atoms with van der Waals surface area (Å²) >= 11 is 0. The van der Waals surface area contributed by atoms with E-state index in [2.05, 4.69) is 92.0 Å². The Morgan fingerprint density at radius 1 is 0.793 bits per heavy atom. The molecule has 0 spiro atoms. The van der Waals surface area contributed by atoms with Crippen LogP contribution in [0.15, 0.2) is 91.0 Å². The number of rotatable bonds is 8. The summed E-state index contributed by atoms with van der Waals surface area (Å²) in [4.78, 5) is 12.2. The van der Waals surface area contributed by atoms with Gasteiger partial charge in [-0.15, -0.1) is 0 Å². The Morgan fingerprint density at radius 3 is 1.86 bits per heavy atom. The van der Waals surface area contributed by atoms with Crippen LogP contribution in [0.4, 0.5) is 0 Å². The van der Waals surface area contributed by atoms with Crippen LogP contribution in [0.3, 0.4) is 0 Å². The van der Waals surface area contributed by atoms with Crippen LogP contribution in [-0.4, -0.2) is 12.5 Å². The average molecular weight is 384 g/mol. The molecular weight excluding hydrogens is 354 g/mol. The Hall–Kier alpha value is -3.13. The summed E-state index contributed by atoms with van der Waals surface area (Å²) in [5, 5.41) is 3.03. The molecule has 3 aromatic rings. The lowest BCUT2D eigenvalue weighted by atomic mass is 9.88. The lowest BCUT2D eigenvalue weighted by Crippen LogP contribution is -2.23. The third-order valence-electron chi connectivity index (χ3n) is 5.17. The van der Waals surface area contributed by atoms with Crippen LogP contribution in [0.1, 0.15) is 54.4 Å². The molecule has 0 atom stereocenters. The van der Waals surface area contributed by atoms with Crippen LogP contribution >= 0.6 is 0 Å². The van der Waals surface area contributed by atoms with Crippen LogP contribution < -0.4 is 5.32 Å². The van der Waals surface area contributed by atoms with Crippen LogP contribution in [0.2, 0.25) is 0 Å². The Bertz CT molecular complexity index is 872. The fourth-order valence-corrected chi connectivity index (χ4v) is 3.46. The van der Waals surface area contributed by atoms with Crippen molar-refractivity contribution in [1.29, 1.82) is 0 Å². The molecule has 3 aromatic carbocycles. The van der Waals surface area contributed by atoms with E-state index in [1.54, 1.807) is 6.08 Å². The van der Waals surface area contributed by atoms with E-state index in [4.69, 9.17) is 0 Å². The van der Waals surface area contributed by atoms with Crippen LogP contribution in [0.25, 0.3) is 6.08 Å². The van der Waals surface area contributed by atoms with E-state index in [-0.39, 0.29) is 11.8 Å². The van der Waals surface area contributed by atoms with Crippen molar-refractivity contribution >= 4 is 12.0 Å². The molecule has 0 aliphatic carbocycles. The largest absolute Gasteiger partial charge is 0.353 e. The topological polar surface area (TPSA) is 29.1 Å². The minimum atomic E-state index is -0.0576. The summed E-state index contributed by atoms with van der Waals surface area (Å²) < 4.78 is 0. The summed E-state index contributed by atoms with van der Waals surface area (Å²) in [6.07, 6.45) is 4.34. The summed E-state index contributed by atoms with van der Waals surface area (Å²) in [7, 11) is 0. The molecule has 0 aliphatic heterocycles. The molecule has 0 aliphatic rings. The number of amides is 1. The minimum Gasteiger partial charge on any atom is -0.353 e. The van der Waals surface area contributed by atoms with Gasteiger partial charge in [0.05, 0.1) is 0 Å². The molecule has 0 unspecified atom stereocenters. The number of hydrogen-bond donors (Lipinski definition) is 1. The molecule has 0 saturated heterocycles. The highest BCUT2D eigenvalue weighted by Gasteiger charge is 2.13. The molecular formula is C27H29NO. The molecule has 0 saturated carbocycles. The Morgan fingerprint density at radius 2 is 1.34 bits per heavy atom. The van der Waals surface area contributed by atoms with Crippen molar-refractivity contribution in [3.8, 4) is 0 Å². The fourth-order valence-electron chi connectivity index (χ4n) is 3.46. The number of hydrogen-bond acceptors (Lipinski definition) is 1. The normalized spacial score (nSPS) is 11.3. The monoisotopic (exact) mass is 383 g/mol. The van der Waals surface area contributed by atoms with Crippen molar-refractivity contribution < 1.29 is 4.79 Å². The predicted octanol–water partition coefficient (Wildman–Crippen LogP) is 6.16. The van der Waals surface area contributed by atoms with Gasteiger partial charge in [0.15, 0.2) is 0 Å². The number of nitrogens with one attached hydrogen (secondary N) is 1. The summed E-state index contributed by atoms with van der Waals surface area (Å²) in [6, 6.07) is 29.3. The molecule has 2 nitrogen and oxygen atoms in total. The van der Waals surface area contributed by atoms with E-state index in [1.807, 2.05) is 18.2 Å². The molecule has 2 heteroatoms. The highest BCUT2D eigenvalue weighted by Crippen LogP contribution is 2.27. The zero-order chi connectivity index (χ0) is 20.5. The van der Waals surface area contributed by atoms with Crippen molar-refractivity contribution in [2.24, 2.45) is 0 Å². The van der Waals surface area contributed by atoms with E-state index < -0.39 is 0 Å². The molecule has 1 N–H and O–H groups in total. The summed E-state index contributed by atoms with van der Waals surface area (Å²) in [5.41, 5.74) is 4.89. The fraction of sp³-hybridized carbons (Fsp3) is 0.222. The molecule has 0 bridgehead atoms. The first-order chi connectivity index (χ1) is 14.1. The maximum absolute atomic E-state index is 12.2. The molecule has 0 radical (unpaired) electrons. The van der Waals surface area contributed by atoms with Crippen molar-refractivity contribution in [2.75, 3.05) is 6.54 Å². The lowest BCUT2D eigenvalue weighted by Gasteiger charge is -2.18. The van der Waals surface area contributed by atoms with Gasteiger partial charge in [0, 0.05) is 18.5 Å². The summed E-state index contributed by atoms with van der Waals surface area (Å²) in [6.45, 7) is 4.98. The van der Waals surface area contributed by atoms with Crippen LogP contribution in [-0.2, 0) is 4.79 Å². The second kappa shape index (κ2) is 10.4. The van der Waals surface area contributed by atoms with Gasteiger partial charge in [-0.2, -0.15) is 0 Å². The molecule has 1 amide bonds. The molecule has 148 valence electrons. The second-order valence-electron chi connectivity index (χ2n) is 7.61. The minimum absolute atomic E-state index is 0.0576. The van der Waals surface area contributed by atoms with Gasteiger partial charge in [0.25, 0.3) is 0 Å². The third kappa shape index (κ3) is 6.18. The average Bonchev–Trinajstić information content (AvgIpc) is 2.77. The number of benzene rings is 3. The van der Waals surface area contributed by atoms with Crippen molar-refractivity contribution in [3.63, 3.8) is 0 Å². The maximum atomic E-state index is 12.2. The quantitative estimate of drug-likeness (QED) is 0.464. The maximum Gasteiger partial charge on any atom is 0.243 e. The lowest BCUT2D eigenvalue weighted by molar-refractivity contribution is -0.116. The van der Waals surface area contributed by atoms with E-state index in [0.29, 0.717) is 12.5 Å². The van der Waals surface area contributed by atoms with Crippen LogP contribution in [0.5, 0.6) is 0 Å². The summed E-state index contributed by atoms with van der Waals surface area (Å²) in [5.74, 6) is 0.724. The Labute approximate surface area is 174 Å². The molecule has 0 fully saturated rings. The first-order valence-corrected chi connectivity index (χ1v) is 10.3. The standard InChI is InChI=1S/C27H29NO/c1-21(2)23-16-13-22(14-17-23)15-18-27(29)28-20-19-26(24-9-5-3-6-10-24)25-11-7-4-8-12-25/h3-18,21,26H,19-20H2,1-2H3,(H,28,29)/b18-15+. The van der Waals surface area contributed by atoms with Gasteiger partial charge in [-0.1, -0.05) is 98.8 Å². The van der Waals surface area contributed by atoms with Crippen molar-refractivity contribution in [1.82, 2.24) is 5.32 Å². The smallest absolute Gasteiger partial charge is 0.243 e. The Kier molecular flexibility index (Phi) is 7.40. The molecule has 0 heterocycles. The van der Waals surface area contributed by atoms with E-state index in [0.717, 1.165) is 12.0 Å². The van der Waals surface area contributed by atoms with Gasteiger partial charge in [0.2, 0.25) is 5.91 Å². The Balaban J connectivity index is 1.57. The van der Waals surface area contributed by atoms with E-state index >= 15 is 0 Å². The predicted molar refractivity (Wildman–Crippen MR) is 122 cm³/mol. The van der Waals surface area contributed by atoms with Crippen molar-refractivity contribution in [2.45, 2.75) is 32.1 Å². The highest BCUT2D eigenvalue weighted by atomic mass is 16.1. The van der Waals surface area contributed by atoms with Gasteiger partial charge in [-0.3, -0.25) is 4.79 Å². The van der Waals surface area contributed by atoms with Gasteiger partial charge in [-0.25, -0.2) is 0 Å². The zero-order valence-corrected chi connectivity index (χ0v) is 17.2. The van der Waals surface area contributed by atoms with Crippen LogP contribution in [0, 0.1) is 0 Å². The van der Waals surface area contributed by atoms with Gasteiger partial charge >= 0.3 is 0 Å². The molecule has 29 heavy (non-hydrogen) atoms. The van der Waals surface area contributed by atoms with E-state index in [1.165, 1.54) is 16.7 Å². The first kappa shape index (κ1) is 20.6. The molecule has 0 aromatic heterocycles.